The zero-order valence-electron chi connectivity index (χ0n) is 6.50. The summed E-state index contributed by atoms with van der Waals surface area (Å²) in [6.07, 6.45) is 1.58. The molecule has 1 rings (SSSR count). The fourth-order valence-corrected chi connectivity index (χ4v) is 0.778. The SMILES string of the molecule is [B]c1c(OC)ccnc1OC. The third kappa shape index (κ3) is 1.45. The van der Waals surface area contributed by atoms with E-state index in [9.17, 15) is 0 Å². The minimum atomic E-state index is 0.393. The third-order valence-electron chi connectivity index (χ3n) is 1.33. The van der Waals surface area contributed by atoms with Crippen LogP contribution in [-0.2, 0) is 0 Å². The fraction of sp³-hybridized carbons (Fsp3) is 0.286. The molecule has 0 atom stereocenters. The summed E-state index contributed by atoms with van der Waals surface area (Å²) in [4.78, 5) is 3.88. The lowest BCUT2D eigenvalue weighted by molar-refractivity contribution is 0.389. The summed E-state index contributed by atoms with van der Waals surface area (Å²) in [5.74, 6) is 0.973. The first-order valence-electron chi connectivity index (χ1n) is 3.12. The number of aromatic nitrogens is 1. The van der Waals surface area contributed by atoms with Crippen molar-refractivity contribution in [3.63, 3.8) is 0 Å². The van der Waals surface area contributed by atoms with E-state index in [-0.39, 0.29) is 0 Å². The molecule has 0 bridgehead atoms. The molecule has 2 radical (unpaired) electrons. The molecule has 0 fully saturated rings. The lowest BCUT2D eigenvalue weighted by Crippen LogP contribution is -2.12. The molecule has 56 valence electrons. The minimum absolute atomic E-state index is 0.393. The van der Waals surface area contributed by atoms with Crippen LogP contribution in [0, 0.1) is 0 Å². The van der Waals surface area contributed by atoms with Crippen LogP contribution >= 0.6 is 0 Å². The van der Waals surface area contributed by atoms with Crippen molar-refractivity contribution in [2.45, 2.75) is 0 Å². The monoisotopic (exact) mass is 149 g/mol. The Morgan fingerprint density at radius 1 is 1.36 bits per heavy atom. The molecule has 4 heteroatoms. The van der Waals surface area contributed by atoms with E-state index in [1.807, 2.05) is 0 Å². The molecule has 0 aliphatic carbocycles. The van der Waals surface area contributed by atoms with Crippen LogP contribution in [-0.4, -0.2) is 27.0 Å². The van der Waals surface area contributed by atoms with E-state index >= 15 is 0 Å². The van der Waals surface area contributed by atoms with Crippen LogP contribution in [0.1, 0.15) is 0 Å². The molecule has 1 aromatic heterocycles. The van der Waals surface area contributed by atoms with E-state index < -0.39 is 0 Å². The highest BCUT2D eigenvalue weighted by Gasteiger charge is 2.03. The van der Waals surface area contributed by atoms with E-state index in [2.05, 4.69) is 4.98 Å². The van der Waals surface area contributed by atoms with E-state index in [0.717, 1.165) is 0 Å². The molecule has 0 N–H and O–H groups in total. The number of pyridine rings is 1. The summed E-state index contributed by atoms with van der Waals surface area (Å²) in [7, 11) is 8.65. The molecule has 0 saturated heterocycles. The Kier molecular flexibility index (Phi) is 2.36. The van der Waals surface area contributed by atoms with E-state index in [0.29, 0.717) is 17.1 Å². The molecular formula is C7H8BNO2. The first kappa shape index (κ1) is 7.92. The average molecular weight is 149 g/mol. The van der Waals surface area contributed by atoms with Gasteiger partial charge in [-0.05, 0) is 6.07 Å². The second kappa shape index (κ2) is 3.28. The van der Waals surface area contributed by atoms with Crippen LogP contribution < -0.4 is 14.9 Å². The summed E-state index contributed by atoms with van der Waals surface area (Å²) in [5.41, 5.74) is 0.428. The fourth-order valence-electron chi connectivity index (χ4n) is 0.778. The van der Waals surface area contributed by atoms with Gasteiger partial charge in [0.15, 0.2) is 0 Å². The van der Waals surface area contributed by atoms with Gasteiger partial charge in [0.2, 0.25) is 5.88 Å². The second-order valence-electron chi connectivity index (χ2n) is 1.94. The molecule has 3 nitrogen and oxygen atoms in total. The molecule has 0 aliphatic rings. The largest absolute Gasteiger partial charge is 0.497 e. The molecule has 1 aromatic rings. The first-order valence-corrected chi connectivity index (χ1v) is 3.12. The topological polar surface area (TPSA) is 31.4 Å². The smallest absolute Gasteiger partial charge is 0.209 e. The second-order valence-corrected chi connectivity index (χ2v) is 1.94. The van der Waals surface area contributed by atoms with Gasteiger partial charge in [0, 0.05) is 11.7 Å². The van der Waals surface area contributed by atoms with Gasteiger partial charge >= 0.3 is 0 Å². The van der Waals surface area contributed by atoms with Gasteiger partial charge in [-0.1, -0.05) is 0 Å². The number of hydrogen-bond acceptors (Lipinski definition) is 3. The molecule has 0 spiro atoms. The molecule has 0 unspecified atom stereocenters. The predicted molar refractivity (Wildman–Crippen MR) is 42.7 cm³/mol. The van der Waals surface area contributed by atoms with Crippen LogP contribution in [0.4, 0.5) is 0 Å². The van der Waals surface area contributed by atoms with Gasteiger partial charge in [-0.15, -0.1) is 0 Å². The zero-order chi connectivity index (χ0) is 8.27. The van der Waals surface area contributed by atoms with Crippen LogP contribution in [0.2, 0.25) is 0 Å². The van der Waals surface area contributed by atoms with E-state index in [4.69, 9.17) is 17.3 Å². The highest BCUT2D eigenvalue weighted by Crippen LogP contribution is 2.09. The van der Waals surface area contributed by atoms with Gasteiger partial charge in [-0.3, -0.25) is 0 Å². The number of hydrogen-bond donors (Lipinski definition) is 0. The predicted octanol–water partition coefficient (Wildman–Crippen LogP) is -0.107. The molecule has 11 heavy (non-hydrogen) atoms. The standard InChI is InChI=1S/C7H8BNO2/c1-10-5-3-4-9-7(11-2)6(5)8/h3-4H,1-2H3. The lowest BCUT2D eigenvalue weighted by Gasteiger charge is -2.07. The van der Waals surface area contributed by atoms with Crippen LogP contribution in [0.3, 0.4) is 0 Å². The molecule has 0 aliphatic heterocycles. The number of rotatable bonds is 2. The molecule has 1 heterocycles. The van der Waals surface area contributed by atoms with Gasteiger partial charge in [0.1, 0.15) is 13.6 Å². The van der Waals surface area contributed by atoms with E-state index in [1.54, 1.807) is 19.4 Å². The van der Waals surface area contributed by atoms with Gasteiger partial charge in [0.05, 0.1) is 14.2 Å². The Morgan fingerprint density at radius 3 is 2.64 bits per heavy atom. The Labute approximate surface area is 66.8 Å². The van der Waals surface area contributed by atoms with Gasteiger partial charge < -0.3 is 9.47 Å². The van der Waals surface area contributed by atoms with Gasteiger partial charge in [-0.25, -0.2) is 4.98 Å². The van der Waals surface area contributed by atoms with Crippen LogP contribution in [0.15, 0.2) is 12.3 Å². The minimum Gasteiger partial charge on any atom is -0.497 e. The molecule has 0 aromatic carbocycles. The normalized spacial score (nSPS) is 9.27. The highest BCUT2D eigenvalue weighted by molar-refractivity contribution is 6.35. The van der Waals surface area contributed by atoms with Crippen molar-refractivity contribution >= 4 is 13.3 Å². The number of methoxy groups -OCH3 is 2. The van der Waals surface area contributed by atoms with Crippen molar-refractivity contribution < 1.29 is 9.47 Å². The zero-order valence-corrected chi connectivity index (χ0v) is 6.50. The maximum atomic E-state index is 5.59. The summed E-state index contributed by atoms with van der Waals surface area (Å²) >= 11 is 0. The molecule has 0 amide bonds. The van der Waals surface area contributed by atoms with Crippen molar-refractivity contribution in [1.29, 1.82) is 0 Å². The van der Waals surface area contributed by atoms with Crippen molar-refractivity contribution in [2.24, 2.45) is 0 Å². The molecule has 0 saturated carbocycles. The maximum absolute atomic E-state index is 5.59. The van der Waals surface area contributed by atoms with Crippen molar-refractivity contribution in [2.75, 3.05) is 14.2 Å². The first-order chi connectivity index (χ1) is 5.29. The van der Waals surface area contributed by atoms with Crippen molar-refractivity contribution in [3.05, 3.63) is 12.3 Å². The lowest BCUT2D eigenvalue weighted by atomic mass is 9.97. The summed E-state index contributed by atoms with van der Waals surface area (Å²) < 4.78 is 9.81. The quantitative estimate of drug-likeness (QED) is 0.550. The van der Waals surface area contributed by atoms with Gasteiger partial charge in [-0.2, -0.15) is 0 Å². The highest BCUT2D eigenvalue weighted by atomic mass is 16.5. The van der Waals surface area contributed by atoms with Crippen LogP contribution in [0.25, 0.3) is 0 Å². The number of ether oxygens (including phenoxy) is 2. The summed E-state index contributed by atoms with van der Waals surface area (Å²) in [6.45, 7) is 0. The van der Waals surface area contributed by atoms with Crippen molar-refractivity contribution in [1.82, 2.24) is 4.98 Å². The Balaban J connectivity index is 3.10. The molecular weight excluding hydrogens is 141 g/mol. The van der Waals surface area contributed by atoms with Crippen LogP contribution in [0.5, 0.6) is 11.6 Å². The van der Waals surface area contributed by atoms with Crippen molar-refractivity contribution in [3.8, 4) is 11.6 Å². The summed E-state index contributed by atoms with van der Waals surface area (Å²) in [6, 6.07) is 1.68. The maximum Gasteiger partial charge on any atom is 0.209 e. The number of nitrogens with zero attached hydrogens (tertiary/aromatic N) is 1. The van der Waals surface area contributed by atoms with E-state index in [1.165, 1.54) is 7.11 Å². The average Bonchev–Trinajstić information content (AvgIpc) is 2.05. The Bertz CT molecular complexity index is 230. The van der Waals surface area contributed by atoms with Gasteiger partial charge in [0.25, 0.3) is 0 Å². The third-order valence-corrected chi connectivity index (χ3v) is 1.33. The summed E-state index contributed by atoms with van der Waals surface area (Å²) in [5, 5.41) is 0. The Hall–Kier alpha value is -1.19. The Morgan fingerprint density at radius 2 is 2.09 bits per heavy atom.